The first-order valence-electron chi connectivity index (χ1n) is 9.66. The second kappa shape index (κ2) is 9.32. The quantitative estimate of drug-likeness (QED) is 0.570. The van der Waals surface area contributed by atoms with Gasteiger partial charge in [-0.3, -0.25) is 4.79 Å². The minimum atomic E-state index is -0.106. The third-order valence-corrected chi connectivity index (χ3v) is 5.41. The minimum absolute atomic E-state index is 0.0444. The van der Waals surface area contributed by atoms with Gasteiger partial charge in [0.2, 0.25) is 5.91 Å². The van der Waals surface area contributed by atoms with E-state index in [0.717, 1.165) is 18.9 Å². The number of benzene rings is 2. The first-order chi connectivity index (χ1) is 14.6. The van der Waals surface area contributed by atoms with Crippen LogP contribution in [-0.4, -0.2) is 29.2 Å². The summed E-state index contributed by atoms with van der Waals surface area (Å²) in [6, 6.07) is 18.2. The van der Waals surface area contributed by atoms with Gasteiger partial charge in [-0.1, -0.05) is 41.4 Å². The third-order valence-electron chi connectivity index (χ3n) is 4.98. The molecule has 2 heterocycles. The Hall–Kier alpha value is -2.83. The Morgan fingerprint density at radius 3 is 2.47 bits per heavy atom. The van der Waals surface area contributed by atoms with Crippen LogP contribution in [0.15, 0.2) is 60.7 Å². The maximum atomic E-state index is 12.9. The van der Waals surface area contributed by atoms with E-state index < -0.39 is 0 Å². The highest BCUT2D eigenvalue weighted by Gasteiger charge is 2.26. The molecule has 0 aliphatic carbocycles. The topological polar surface area (TPSA) is 67.3 Å². The molecule has 3 aromatic rings. The summed E-state index contributed by atoms with van der Waals surface area (Å²) in [7, 11) is 0. The first kappa shape index (κ1) is 20.4. The number of carbonyl (C=O) groups is 1. The smallest absolute Gasteiger partial charge is 0.227 e. The molecule has 0 saturated carbocycles. The van der Waals surface area contributed by atoms with E-state index in [4.69, 9.17) is 27.9 Å². The van der Waals surface area contributed by atoms with Gasteiger partial charge in [0.15, 0.2) is 16.7 Å². The molecule has 1 N–H and O–H groups in total. The van der Waals surface area contributed by atoms with E-state index in [1.165, 1.54) is 0 Å². The van der Waals surface area contributed by atoms with Crippen LogP contribution >= 0.6 is 23.2 Å². The SMILES string of the molecule is O=C(Nc1cc(Cl)ccc1Oc1ccccc1)C1CCN(c2ccc(Cl)nn2)CC1. The van der Waals surface area contributed by atoms with Crippen molar-refractivity contribution in [2.24, 2.45) is 5.92 Å². The van der Waals surface area contributed by atoms with E-state index >= 15 is 0 Å². The second-order valence-electron chi connectivity index (χ2n) is 7.02. The normalized spacial score (nSPS) is 14.4. The van der Waals surface area contributed by atoms with Crippen LogP contribution in [0.4, 0.5) is 11.5 Å². The van der Waals surface area contributed by atoms with Gasteiger partial charge < -0.3 is 15.0 Å². The summed E-state index contributed by atoms with van der Waals surface area (Å²) in [5.41, 5.74) is 0.558. The molecule has 4 rings (SSSR count). The van der Waals surface area contributed by atoms with Crippen molar-refractivity contribution in [2.45, 2.75) is 12.8 Å². The van der Waals surface area contributed by atoms with Gasteiger partial charge >= 0.3 is 0 Å². The molecule has 0 spiro atoms. The molecule has 0 bridgehead atoms. The van der Waals surface area contributed by atoms with Crippen molar-refractivity contribution in [3.8, 4) is 11.5 Å². The molecule has 1 aliphatic heterocycles. The molecule has 1 aliphatic rings. The Balaban J connectivity index is 1.40. The predicted molar refractivity (Wildman–Crippen MR) is 119 cm³/mol. The van der Waals surface area contributed by atoms with Crippen LogP contribution < -0.4 is 15.0 Å². The van der Waals surface area contributed by atoms with Crippen molar-refractivity contribution in [3.63, 3.8) is 0 Å². The van der Waals surface area contributed by atoms with E-state index in [1.807, 2.05) is 36.4 Å². The van der Waals surface area contributed by atoms with E-state index in [1.54, 1.807) is 24.3 Å². The number of carbonyl (C=O) groups excluding carboxylic acids is 1. The largest absolute Gasteiger partial charge is 0.455 e. The van der Waals surface area contributed by atoms with Gasteiger partial charge in [-0.05, 0) is 55.3 Å². The standard InChI is InChI=1S/C22H20Cl2N4O2/c23-16-6-7-19(30-17-4-2-1-3-5-17)18(14-16)25-22(29)15-10-12-28(13-11-15)21-9-8-20(24)26-27-21/h1-9,14-15H,10-13H2,(H,25,29). The van der Waals surface area contributed by atoms with Gasteiger partial charge in [-0.2, -0.15) is 0 Å². The van der Waals surface area contributed by atoms with E-state index in [-0.39, 0.29) is 11.8 Å². The fraction of sp³-hybridized carbons (Fsp3) is 0.227. The molecule has 154 valence electrons. The monoisotopic (exact) mass is 442 g/mol. The van der Waals surface area contributed by atoms with Crippen LogP contribution in [-0.2, 0) is 4.79 Å². The summed E-state index contributed by atoms with van der Waals surface area (Å²) in [6.07, 6.45) is 1.43. The number of ether oxygens (including phenoxy) is 1. The molecule has 30 heavy (non-hydrogen) atoms. The molecule has 0 unspecified atom stereocenters. The average Bonchev–Trinajstić information content (AvgIpc) is 2.77. The van der Waals surface area contributed by atoms with Gasteiger partial charge in [-0.25, -0.2) is 0 Å². The maximum Gasteiger partial charge on any atom is 0.227 e. The Labute approximate surface area is 184 Å². The molecule has 6 nitrogen and oxygen atoms in total. The lowest BCUT2D eigenvalue weighted by Crippen LogP contribution is -2.38. The second-order valence-corrected chi connectivity index (χ2v) is 7.84. The maximum absolute atomic E-state index is 12.9. The summed E-state index contributed by atoms with van der Waals surface area (Å²) in [5, 5.41) is 11.9. The zero-order chi connectivity index (χ0) is 20.9. The van der Waals surface area contributed by atoms with Crippen LogP contribution in [0.1, 0.15) is 12.8 Å². The van der Waals surface area contributed by atoms with Crippen molar-refractivity contribution in [1.29, 1.82) is 0 Å². The zero-order valence-corrected chi connectivity index (χ0v) is 17.6. The number of nitrogens with zero attached hydrogens (tertiary/aromatic N) is 3. The summed E-state index contributed by atoms with van der Waals surface area (Å²) in [5.74, 6) is 1.86. The van der Waals surface area contributed by atoms with Crippen LogP contribution in [0.25, 0.3) is 0 Å². The zero-order valence-electron chi connectivity index (χ0n) is 16.1. The summed E-state index contributed by atoms with van der Waals surface area (Å²) >= 11 is 12.0. The van der Waals surface area contributed by atoms with Gasteiger partial charge in [0.1, 0.15) is 5.75 Å². The van der Waals surface area contributed by atoms with Crippen LogP contribution in [0.2, 0.25) is 10.2 Å². The number of halogens is 2. The number of amides is 1. The molecule has 0 atom stereocenters. The third kappa shape index (κ3) is 5.01. The van der Waals surface area contributed by atoms with Crippen LogP contribution in [0.3, 0.4) is 0 Å². The highest BCUT2D eigenvalue weighted by atomic mass is 35.5. The molecule has 1 saturated heterocycles. The average molecular weight is 443 g/mol. The van der Waals surface area contributed by atoms with Gasteiger partial charge in [0, 0.05) is 24.0 Å². The summed E-state index contributed by atoms with van der Waals surface area (Å²) in [4.78, 5) is 15.0. The van der Waals surface area contributed by atoms with E-state index in [9.17, 15) is 4.79 Å². The predicted octanol–water partition coefficient (Wildman–Crippen LogP) is 5.43. The number of hydrogen-bond acceptors (Lipinski definition) is 5. The Bertz CT molecular complexity index is 1010. The van der Waals surface area contributed by atoms with Crippen LogP contribution in [0, 0.1) is 5.92 Å². The fourth-order valence-electron chi connectivity index (χ4n) is 3.39. The number of anilines is 2. The lowest BCUT2D eigenvalue weighted by molar-refractivity contribution is -0.120. The minimum Gasteiger partial charge on any atom is -0.455 e. The van der Waals surface area contributed by atoms with Crippen molar-refractivity contribution < 1.29 is 9.53 Å². The number of rotatable bonds is 5. The van der Waals surface area contributed by atoms with Gasteiger partial charge in [0.25, 0.3) is 0 Å². The Kier molecular flexibility index (Phi) is 6.35. The molecule has 2 aromatic carbocycles. The molecule has 0 radical (unpaired) electrons. The highest BCUT2D eigenvalue weighted by Crippen LogP contribution is 2.33. The lowest BCUT2D eigenvalue weighted by atomic mass is 9.95. The molecular weight excluding hydrogens is 423 g/mol. The van der Waals surface area contributed by atoms with Crippen molar-refractivity contribution in [3.05, 3.63) is 70.8 Å². The molecular formula is C22H20Cl2N4O2. The van der Waals surface area contributed by atoms with Gasteiger partial charge in [0.05, 0.1) is 5.69 Å². The van der Waals surface area contributed by atoms with E-state index in [2.05, 4.69) is 20.4 Å². The molecule has 1 amide bonds. The van der Waals surface area contributed by atoms with Crippen molar-refractivity contribution in [1.82, 2.24) is 10.2 Å². The van der Waals surface area contributed by atoms with Crippen molar-refractivity contribution >= 4 is 40.6 Å². The Morgan fingerprint density at radius 1 is 1.00 bits per heavy atom. The number of hydrogen-bond donors (Lipinski definition) is 1. The number of piperidine rings is 1. The number of nitrogens with one attached hydrogen (secondary N) is 1. The Morgan fingerprint density at radius 2 is 1.77 bits per heavy atom. The molecule has 1 aromatic heterocycles. The summed E-state index contributed by atoms with van der Waals surface area (Å²) < 4.78 is 5.93. The first-order valence-corrected chi connectivity index (χ1v) is 10.4. The van der Waals surface area contributed by atoms with Gasteiger partial charge in [-0.15, -0.1) is 10.2 Å². The van der Waals surface area contributed by atoms with Crippen LogP contribution in [0.5, 0.6) is 11.5 Å². The highest BCUT2D eigenvalue weighted by molar-refractivity contribution is 6.31. The molecule has 8 heteroatoms. The lowest BCUT2D eigenvalue weighted by Gasteiger charge is -2.31. The number of para-hydroxylation sites is 1. The van der Waals surface area contributed by atoms with E-state index in [0.29, 0.717) is 40.2 Å². The summed E-state index contributed by atoms with van der Waals surface area (Å²) in [6.45, 7) is 1.44. The van der Waals surface area contributed by atoms with Crippen molar-refractivity contribution in [2.75, 3.05) is 23.3 Å². The molecule has 1 fully saturated rings. The fourth-order valence-corrected chi connectivity index (χ4v) is 3.66. The number of aromatic nitrogens is 2.